The molecule has 0 saturated carbocycles. The molecule has 22 heavy (non-hydrogen) atoms. The summed E-state index contributed by atoms with van der Waals surface area (Å²) in [5, 5.41) is 10.4. The monoisotopic (exact) mass is 328 g/mol. The molecule has 112 valence electrons. The lowest BCUT2D eigenvalue weighted by Gasteiger charge is -2.03. The SMILES string of the molecule is C=CCn1c(O)c(C=C2C(C)=Nc3ccc(C)cc32)sc1=S. The van der Waals surface area contributed by atoms with Crippen molar-refractivity contribution in [1.29, 1.82) is 0 Å². The summed E-state index contributed by atoms with van der Waals surface area (Å²) in [6.45, 7) is 8.25. The van der Waals surface area contributed by atoms with Crippen LogP contribution in [0.4, 0.5) is 5.69 Å². The summed E-state index contributed by atoms with van der Waals surface area (Å²) in [6.07, 6.45) is 3.69. The molecule has 1 N–H and O–H groups in total. The number of hydrogen-bond acceptors (Lipinski definition) is 4. The third-order valence-corrected chi connectivity index (χ3v) is 4.99. The second-order valence-electron chi connectivity index (χ2n) is 5.23. The van der Waals surface area contributed by atoms with Gasteiger partial charge >= 0.3 is 0 Å². The van der Waals surface area contributed by atoms with Gasteiger partial charge in [-0.05, 0) is 44.3 Å². The zero-order valence-electron chi connectivity index (χ0n) is 12.5. The number of thiazole rings is 1. The number of aromatic nitrogens is 1. The molecule has 1 aliphatic heterocycles. The lowest BCUT2D eigenvalue weighted by atomic mass is 10.0. The molecule has 0 atom stereocenters. The fraction of sp³-hybridized carbons (Fsp3) is 0.176. The predicted molar refractivity (Wildman–Crippen MR) is 96.8 cm³/mol. The normalized spacial score (nSPS) is 15.0. The number of aryl methyl sites for hydroxylation is 1. The fourth-order valence-electron chi connectivity index (χ4n) is 2.51. The van der Waals surface area contributed by atoms with Crippen LogP contribution in [0.5, 0.6) is 5.88 Å². The van der Waals surface area contributed by atoms with Gasteiger partial charge in [0, 0.05) is 23.4 Å². The summed E-state index contributed by atoms with van der Waals surface area (Å²) in [5.41, 5.74) is 5.26. The highest BCUT2D eigenvalue weighted by Gasteiger charge is 2.19. The van der Waals surface area contributed by atoms with E-state index < -0.39 is 0 Å². The van der Waals surface area contributed by atoms with Gasteiger partial charge in [0.25, 0.3) is 0 Å². The van der Waals surface area contributed by atoms with Crippen LogP contribution in [0.1, 0.15) is 22.9 Å². The van der Waals surface area contributed by atoms with Gasteiger partial charge in [0.1, 0.15) is 0 Å². The van der Waals surface area contributed by atoms with Crippen LogP contribution in [0.2, 0.25) is 0 Å². The molecule has 0 spiro atoms. The molecule has 0 radical (unpaired) electrons. The molecule has 2 heterocycles. The van der Waals surface area contributed by atoms with Crippen molar-refractivity contribution < 1.29 is 5.11 Å². The standard InChI is InChI=1S/C17H16N2OS2/c1-4-7-19-16(20)15(22-17(19)21)9-12-11(3)18-14-6-5-10(2)8-13(12)14/h4-6,8-9,20H,1,7H2,2-3H3. The maximum absolute atomic E-state index is 10.4. The van der Waals surface area contributed by atoms with Gasteiger partial charge < -0.3 is 5.11 Å². The van der Waals surface area contributed by atoms with E-state index in [1.54, 1.807) is 10.6 Å². The Morgan fingerprint density at radius 3 is 2.91 bits per heavy atom. The highest BCUT2D eigenvalue weighted by atomic mass is 32.1. The van der Waals surface area contributed by atoms with Crippen molar-refractivity contribution in [1.82, 2.24) is 4.57 Å². The first-order valence-electron chi connectivity index (χ1n) is 6.93. The molecule has 0 saturated heterocycles. The van der Waals surface area contributed by atoms with Crippen LogP contribution in [-0.4, -0.2) is 15.4 Å². The van der Waals surface area contributed by atoms with Crippen LogP contribution < -0.4 is 0 Å². The minimum absolute atomic E-state index is 0.191. The van der Waals surface area contributed by atoms with Crippen molar-refractivity contribution in [3.05, 3.63) is 50.8 Å². The van der Waals surface area contributed by atoms with Crippen LogP contribution in [0.3, 0.4) is 0 Å². The quantitative estimate of drug-likeness (QED) is 0.627. The summed E-state index contributed by atoms with van der Waals surface area (Å²) in [7, 11) is 0. The number of aromatic hydroxyl groups is 1. The Morgan fingerprint density at radius 2 is 2.18 bits per heavy atom. The van der Waals surface area contributed by atoms with Gasteiger partial charge in [-0.3, -0.25) is 9.56 Å². The molecule has 0 fully saturated rings. The summed E-state index contributed by atoms with van der Waals surface area (Å²) in [5.74, 6) is 0.191. The van der Waals surface area contributed by atoms with Crippen LogP contribution in [0.25, 0.3) is 11.6 Å². The molecule has 1 aromatic heterocycles. The number of hydrogen-bond donors (Lipinski definition) is 1. The van der Waals surface area contributed by atoms with E-state index in [0.717, 1.165) is 27.4 Å². The average molecular weight is 328 g/mol. The summed E-state index contributed by atoms with van der Waals surface area (Å²) in [6, 6.07) is 6.21. The zero-order chi connectivity index (χ0) is 15.9. The van der Waals surface area contributed by atoms with Crippen molar-refractivity contribution in [3.63, 3.8) is 0 Å². The lowest BCUT2D eigenvalue weighted by Crippen LogP contribution is -1.93. The van der Waals surface area contributed by atoms with E-state index >= 15 is 0 Å². The lowest BCUT2D eigenvalue weighted by molar-refractivity contribution is 0.424. The van der Waals surface area contributed by atoms with Gasteiger partial charge in [0.05, 0.1) is 10.6 Å². The van der Waals surface area contributed by atoms with E-state index in [2.05, 4.69) is 30.6 Å². The van der Waals surface area contributed by atoms with E-state index in [9.17, 15) is 5.11 Å². The molecule has 5 heteroatoms. The van der Waals surface area contributed by atoms with Gasteiger partial charge in [-0.25, -0.2) is 0 Å². The summed E-state index contributed by atoms with van der Waals surface area (Å²) < 4.78 is 2.32. The molecular weight excluding hydrogens is 312 g/mol. The fourth-order valence-corrected chi connectivity index (χ4v) is 3.78. The van der Waals surface area contributed by atoms with Gasteiger partial charge in [0.2, 0.25) is 5.88 Å². The van der Waals surface area contributed by atoms with Crippen molar-refractivity contribution in [3.8, 4) is 5.88 Å². The number of benzene rings is 1. The third kappa shape index (κ3) is 2.46. The molecule has 0 unspecified atom stereocenters. The molecular formula is C17H16N2OS2. The first-order valence-corrected chi connectivity index (χ1v) is 8.15. The Kier molecular flexibility index (Phi) is 3.85. The van der Waals surface area contributed by atoms with Gasteiger partial charge in [-0.2, -0.15) is 0 Å². The summed E-state index contributed by atoms with van der Waals surface area (Å²) >= 11 is 6.71. The molecule has 2 aromatic rings. The maximum atomic E-state index is 10.4. The maximum Gasteiger partial charge on any atom is 0.210 e. The van der Waals surface area contributed by atoms with Gasteiger partial charge in [0.15, 0.2) is 3.95 Å². The molecule has 3 nitrogen and oxygen atoms in total. The smallest absolute Gasteiger partial charge is 0.210 e. The second kappa shape index (κ2) is 5.66. The largest absolute Gasteiger partial charge is 0.493 e. The van der Waals surface area contributed by atoms with Crippen molar-refractivity contribution >= 4 is 46.6 Å². The predicted octanol–water partition coefficient (Wildman–Crippen LogP) is 5.13. The van der Waals surface area contributed by atoms with Crippen LogP contribution in [0, 0.1) is 10.9 Å². The Morgan fingerprint density at radius 1 is 1.41 bits per heavy atom. The highest BCUT2D eigenvalue weighted by molar-refractivity contribution is 7.73. The van der Waals surface area contributed by atoms with Crippen molar-refractivity contribution in [2.75, 3.05) is 0 Å². The number of allylic oxidation sites excluding steroid dienone is 2. The van der Waals surface area contributed by atoms with E-state index in [4.69, 9.17) is 12.2 Å². The molecule has 1 aromatic carbocycles. The van der Waals surface area contributed by atoms with Gasteiger partial charge in [-0.15, -0.1) is 17.9 Å². The number of rotatable bonds is 3. The van der Waals surface area contributed by atoms with Crippen molar-refractivity contribution in [2.45, 2.75) is 20.4 Å². The molecule has 0 amide bonds. The van der Waals surface area contributed by atoms with E-state index in [1.165, 1.54) is 16.9 Å². The third-order valence-electron chi connectivity index (χ3n) is 3.60. The van der Waals surface area contributed by atoms with Crippen LogP contribution in [-0.2, 0) is 6.54 Å². The highest BCUT2D eigenvalue weighted by Crippen LogP contribution is 2.38. The molecule has 1 aliphatic rings. The molecule has 0 bridgehead atoms. The van der Waals surface area contributed by atoms with Crippen LogP contribution >= 0.6 is 23.6 Å². The number of aliphatic imine (C=N–C) groups is 1. The minimum atomic E-state index is 0.191. The average Bonchev–Trinajstić information content (AvgIpc) is 2.92. The van der Waals surface area contributed by atoms with E-state index in [-0.39, 0.29) is 5.88 Å². The van der Waals surface area contributed by atoms with Gasteiger partial charge in [-0.1, -0.05) is 17.7 Å². The Balaban J connectivity index is 2.13. The second-order valence-corrected chi connectivity index (χ2v) is 6.91. The Bertz CT molecular complexity index is 885. The molecule has 0 aliphatic carbocycles. The Labute approximate surface area is 138 Å². The summed E-state index contributed by atoms with van der Waals surface area (Å²) in [4.78, 5) is 5.34. The number of fused-ring (bicyclic) bond motifs is 1. The molecule has 3 rings (SSSR count). The first kappa shape index (κ1) is 14.9. The topological polar surface area (TPSA) is 37.5 Å². The zero-order valence-corrected chi connectivity index (χ0v) is 14.1. The van der Waals surface area contributed by atoms with Crippen LogP contribution in [0.15, 0.2) is 35.8 Å². The van der Waals surface area contributed by atoms with Crippen molar-refractivity contribution in [2.24, 2.45) is 4.99 Å². The minimum Gasteiger partial charge on any atom is -0.493 e. The van der Waals surface area contributed by atoms with E-state index in [1.807, 2.05) is 19.1 Å². The Hall–Kier alpha value is -1.98. The first-order chi connectivity index (χ1) is 10.5. The number of nitrogens with zero attached hydrogens (tertiary/aromatic N) is 2. The van der Waals surface area contributed by atoms with E-state index in [0.29, 0.717) is 10.5 Å².